The molecule has 3 rings (SSSR count). The number of rotatable bonds is 4. The molecule has 0 aliphatic heterocycles. The Kier molecular flexibility index (Phi) is 3.71. The zero-order valence-corrected chi connectivity index (χ0v) is 11.8. The first kappa shape index (κ1) is 14.6. The van der Waals surface area contributed by atoms with E-state index >= 15 is 0 Å². The van der Waals surface area contributed by atoms with E-state index in [-0.39, 0.29) is 12.1 Å². The van der Waals surface area contributed by atoms with E-state index in [1.807, 2.05) is 4.40 Å². The molecule has 116 valence electrons. The van der Waals surface area contributed by atoms with Crippen molar-refractivity contribution >= 4 is 17.2 Å². The minimum atomic E-state index is -0.930. The molecule has 2 aromatic heterocycles. The Labute approximate surface area is 129 Å². The summed E-state index contributed by atoms with van der Waals surface area (Å²) in [6.45, 7) is 0.193. The standard InChI is InChI=1S/C15H11FN4O3/c16-13-8-11(20(22)23)1-2-12(13)15(21)18-9-10-3-5-19-6-4-17-14(19)7-10/h1-8H,9H2,(H,18,21). The van der Waals surface area contributed by atoms with Crippen LogP contribution < -0.4 is 5.32 Å². The van der Waals surface area contributed by atoms with Gasteiger partial charge >= 0.3 is 0 Å². The van der Waals surface area contributed by atoms with Gasteiger partial charge in [-0.2, -0.15) is 0 Å². The number of hydrogen-bond donors (Lipinski definition) is 1. The lowest BCUT2D eigenvalue weighted by atomic mass is 10.1. The zero-order valence-electron chi connectivity index (χ0n) is 11.8. The van der Waals surface area contributed by atoms with Crippen molar-refractivity contribution in [1.29, 1.82) is 0 Å². The van der Waals surface area contributed by atoms with Gasteiger partial charge < -0.3 is 9.72 Å². The third kappa shape index (κ3) is 3.00. The van der Waals surface area contributed by atoms with Crippen molar-refractivity contribution in [3.8, 4) is 0 Å². The predicted octanol–water partition coefficient (Wildman–Crippen LogP) is 2.31. The van der Waals surface area contributed by atoms with Gasteiger partial charge in [0.25, 0.3) is 11.6 Å². The quantitative estimate of drug-likeness (QED) is 0.591. The Balaban J connectivity index is 1.72. The summed E-state index contributed by atoms with van der Waals surface area (Å²) in [6, 6.07) is 6.52. The number of fused-ring (bicyclic) bond motifs is 1. The van der Waals surface area contributed by atoms with E-state index in [1.165, 1.54) is 0 Å². The topological polar surface area (TPSA) is 89.5 Å². The van der Waals surface area contributed by atoms with Crippen molar-refractivity contribution < 1.29 is 14.1 Å². The van der Waals surface area contributed by atoms with Crippen molar-refractivity contribution in [1.82, 2.24) is 14.7 Å². The maximum absolute atomic E-state index is 13.8. The second kappa shape index (κ2) is 5.84. The van der Waals surface area contributed by atoms with Gasteiger partial charge in [0.15, 0.2) is 0 Å². The fourth-order valence-electron chi connectivity index (χ4n) is 2.14. The molecule has 1 amide bonds. The minimum absolute atomic E-state index is 0.193. The molecule has 1 N–H and O–H groups in total. The van der Waals surface area contributed by atoms with Gasteiger partial charge in [0, 0.05) is 31.2 Å². The van der Waals surface area contributed by atoms with E-state index in [0.29, 0.717) is 0 Å². The van der Waals surface area contributed by atoms with Crippen molar-refractivity contribution in [3.63, 3.8) is 0 Å². The number of benzene rings is 1. The summed E-state index contributed by atoms with van der Waals surface area (Å²) in [6.07, 6.45) is 5.25. The molecule has 2 heterocycles. The van der Waals surface area contributed by atoms with E-state index in [4.69, 9.17) is 0 Å². The van der Waals surface area contributed by atoms with Gasteiger partial charge in [-0.1, -0.05) is 0 Å². The van der Waals surface area contributed by atoms with Crippen LogP contribution in [0.2, 0.25) is 0 Å². The molecule has 0 aliphatic carbocycles. The molecule has 3 aromatic rings. The lowest BCUT2D eigenvalue weighted by Crippen LogP contribution is -2.23. The third-order valence-corrected chi connectivity index (χ3v) is 3.32. The van der Waals surface area contributed by atoms with Crippen LogP contribution in [-0.4, -0.2) is 20.2 Å². The minimum Gasteiger partial charge on any atom is -0.348 e. The normalized spacial score (nSPS) is 10.7. The van der Waals surface area contributed by atoms with Crippen LogP contribution in [0.25, 0.3) is 5.65 Å². The number of amides is 1. The summed E-state index contributed by atoms with van der Waals surface area (Å²) in [4.78, 5) is 26.0. The summed E-state index contributed by atoms with van der Waals surface area (Å²) >= 11 is 0. The van der Waals surface area contributed by atoms with Gasteiger partial charge in [0.1, 0.15) is 11.5 Å². The number of imidazole rings is 1. The Morgan fingerprint density at radius 2 is 2.13 bits per heavy atom. The highest BCUT2D eigenvalue weighted by atomic mass is 19.1. The second-order valence-corrected chi connectivity index (χ2v) is 4.83. The average Bonchev–Trinajstić information content (AvgIpc) is 3.00. The molecular formula is C15H11FN4O3. The van der Waals surface area contributed by atoms with Gasteiger partial charge in [-0.25, -0.2) is 9.37 Å². The van der Waals surface area contributed by atoms with Crippen LogP contribution in [0.15, 0.2) is 48.9 Å². The Morgan fingerprint density at radius 3 is 2.87 bits per heavy atom. The van der Waals surface area contributed by atoms with Crippen LogP contribution in [0.3, 0.4) is 0 Å². The summed E-state index contributed by atoms with van der Waals surface area (Å²) in [5.41, 5.74) is 0.902. The predicted molar refractivity (Wildman–Crippen MR) is 79.4 cm³/mol. The van der Waals surface area contributed by atoms with Crippen LogP contribution >= 0.6 is 0 Å². The first-order chi connectivity index (χ1) is 11.0. The molecule has 8 heteroatoms. The molecule has 0 spiro atoms. The van der Waals surface area contributed by atoms with Crippen molar-refractivity contribution in [2.45, 2.75) is 6.54 Å². The highest BCUT2D eigenvalue weighted by molar-refractivity contribution is 5.94. The molecular weight excluding hydrogens is 303 g/mol. The highest BCUT2D eigenvalue weighted by Crippen LogP contribution is 2.16. The summed E-state index contributed by atoms with van der Waals surface area (Å²) in [5.74, 6) is -1.57. The van der Waals surface area contributed by atoms with Crippen LogP contribution in [0.4, 0.5) is 10.1 Å². The Bertz CT molecular complexity index is 907. The molecule has 7 nitrogen and oxygen atoms in total. The first-order valence-corrected chi connectivity index (χ1v) is 6.68. The first-order valence-electron chi connectivity index (χ1n) is 6.68. The maximum atomic E-state index is 13.8. The molecule has 0 fully saturated rings. The van der Waals surface area contributed by atoms with Crippen LogP contribution in [-0.2, 0) is 6.54 Å². The third-order valence-electron chi connectivity index (χ3n) is 3.32. The number of hydrogen-bond acceptors (Lipinski definition) is 4. The number of nitrogens with one attached hydrogen (secondary N) is 1. The summed E-state index contributed by atoms with van der Waals surface area (Å²) in [5, 5.41) is 13.1. The Morgan fingerprint density at radius 1 is 1.30 bits per heavy atom. The molecule has 0 atom stereocenters. The van der Waals surface area contributed by atoms with E-state index in [9.17, 15) is 19.3 Å². The van der Waals surface area contributed by atoms with E-state index in [1.54, 1.807) is 30.7 Å². The number of pyridine rings is 1. The summed E-state index contributed by atoms with van der Waals surface area (Å²) in [7, 11) is 0. The molecule has 0 saturated carbocycles. The van der Waals surface area contributed by atoms with Gasteiger partial charge in [0.2, 0.25) is 0 Å². The molecule has 0 unspecified atom stereocenters. The number of nitro benzene ring substituents is 1. The number of non-ortho nitro benzene ring substituents is 1. The number of halogens is 1. The summed E-state index contributed by atoms with van der Waals surface area (Å²) < 4.78 is 15.6. The zero-order chi connectivity index (χ0) is 16.4. The lowest BCUT2D eigenvalue weighted by Gasteiger charge is -2.06. The number of carbonyl (C=O) groups excluding carboxylic acids is 1. The van der Waals surface area contributed by atoms with Gasteiger partial charge in [-0.3, -0.25) is 14.9 Å². The Hall–Kier alpha value is -3.29. The van der Waals surface area contributed by atoms with Crippen molar-refractivity contribution in [2.24, 2.45) is 0 Å². The number of nitro groups is 1. The van der Waals surface area contributed by atoms with Gasteiger partial charge in [0.05, 0.1) is 16.6 Å². The molecule has 0 aliphatic rings. The van der Waals surface area contributed by atoms with Gasteiger partial charge in [-0.05, 0) is 23.8 Å². The van der Waals surface area contributed by atoms with E-state index in [2.05, 4.69) is 10.3 Å². The number of aromatic nitrogens is 2. The van der Waals surface area contributed by atoms with Crippen LogP contribution in [0.1, 0.15) is 15.9 Å². The number of nitrogens with zero attached hydrogens (tertiary/aromatic N) is 3. The second-order valence-electron chi connectivity index (χ2n) is 4.83. The monoisotopic (exact) mass is 314 g/mol. The molecule has 0 saturated heterocycles. The fourth-order valence-corrected chi connectivity index (χ4v) is 2.14. The highest BCUT2D eigenvalue weighted by Gasteiger charge is 2.16. The van der Waals surface area contributed by atoms with Crippen LogP contribution in [0, 0.1) is 15.9 Å². The lowest BCUT2D eigenvalue weighted by molar-refractivity contribution is -0.385. The number of carbonyl (C=O) groups is 1. The SMILES string of the molecule is O=C(NCc1ccn2ccnc2c1)c1ccc([N+](=O)[O-])cc1F. The molecule has 23 heavy (non-hydrogen) atoms. The fraction of sp³-hybridized carbons (Fsp3) is 0.0667. The van der Waals surface area contributed by atoms with Gasteiger partial charge in [-0.15, -0.1) is 0 Å². The van der Waals surface area contributed by atoms with E-state index < -0.39 is 22.3 Å². The smallest absolute Gasteiger partial charge is 0.272 e. The van der Waals surface area contributed by atoms with Crippen LogP contribution in [0.5, 0.6) is 0 Å². The maximum Gasteiger partial charge on any atom is 0.272 e. The van der Waals surface area contributed by atoms with Crippen molar-refractivity contribution in [2.75, 3.05) is 0 Å². The largest absolute Gasteiger partial charge is 0.348 e. The molecule has 1 aromatic carbocycles. The van der Waals surface area contributed by atoms with Crippen molar-refractivity contribution in [3.05, 3.63) is 76.0 Å². The average molecular weight is 314 g/mol. The molecule has 0 bridgehead atoms. The molecule has 0 radical (unpaired) electrons. The van der Waals surface area contributed by atoms with E-state index in [0.717, 1.165) is 29.4 Å².